The number of carbonyl (C=O) groups excluding carboxylic acids is 3. The van der Waals surface area contributed by atoms with Crippen molar-refractivity contribution in [2.24, 2.45) is 0 Å². The van der Waals surface area contributed by atoms with Crippen molar-refractivity contribution in [3.63, 3.8) is 0 Å². The molecule has 2 N–H and O–H groups in total. The Morgan fingerprint density at radius 3 is 1.97 bits per heavy atom. The lowest BCUT2D eigenvalue weighted by molar-refractivity contribution is -0.137. The molecule has 1 aliphatic rings. The summed E-state index contributed by atoms with van der Waals surface area (Å²) >= 11 is 7.01. The van der Waals surface area contributed by atoms with Gasteiger partial charge in [-0.05, 0) is 72.3 Å². The van der Waals surface area contributed by atoms with Crippen LogP contribution in [-0.4, -0.2) is 28.2 Å². The molecule has 0 saturated carbocycles. The van der Waals surface area contributed by atoms with Crippen LogP contribution in [0.5, 0.6) is 5.75 Å². The number of halogens is 1. The second-order valence-corrected chi connectivity index (χ2v) is 10.0. The van der Waals surface area contributed by atoms with Crippen LogP contribution in [0.4, 0.5) is 4.79 Å². The normalized spacial score (nSPS) is 13.4. The van der Waals surface area contributed by atoms with Gasteiger partial charge in [-0.3, -0.25) is 24.5 Å². The lowest BCUT2D eigenvalue weighted by Crippen LogP contribution is -2.17. The van der Waals surface area contributed by atoms with Gasteiger partial charge in [0.2, 0.25) is 0 Å². The smallest absolute Gasteiger partial charge is 0.311 e. The minimum Gasteiger partial charge on any atom is -0.481 e. The van der Waals surface area contributed by atoms with E-state index in [9.17, 15) is 19.2 Å². The number of carboxylic acids is 1. The van der Waals surface area contributed by atoms with Gasteiger partial charge in [0.05, 0.1) is 9.93 Å². The molecule has 1 aliphatic heterocycles. The lowest BCUT2D eigenvalue weighted by atomic mass is 10.1. The maximum Gasteiger partial charge on any atom is 0.311 e. The molecule has 39 heavy (non-hydrogen) atoms. The third kappa shape index (κ3) is 10.8. The van der Waals surface area contributed by atoms with Gasteiger partial charge in [0.15, 0.2) is 0 Å². The minimum atomic E-state index is -0.717. The standard InChI is InChI=1S/C20H16ClNO4S.C10H12O2/c21-16-12-15(10-9-14(16)11-17-19(24)22-20(25)27-17)26-18(23)8-4-7-13-5-2-1-3-6-13;11-10(12)8-4-7-9-5-2-1-3-6-9/h1-3,5-6,9-12H,4,7-8H2,(H,22,24,25);1-3,5-6H,4,7-8H2,(H,11,12)/b17-11-;. The highest BCUT2D eigenvalue weighted by molar-refractivity contribution is 8.18. The predicted molar refractivity (Wildman–Crippen MR) is 153 cm³/mol. The number of benzene rings is 3. The highest BCUT2D eigenvalue weighted by Gasteiger charge is 2.25. The number of hydrogen-bond donors (Lipinski definition) is 2. The van der Waals surface area contributed by atoms with Crippen LogP contribution in [0.3, 0.4) is 0 Å². The highest BCUT2D eigenvalue weighted by Crippen LogP contribution is 2.30. The molecular weight excluding hydrogens is 538 g/mol. The van der Waals surface area contributed by atoms with E-state index < -0.39 is 17.1 Å². The number of nitrogens with one attached hydrogen (secondary N) is 1. The maximum atomic E-state index is 12.0. The molecule has 202 valence electrons. The molecule has 4 rings (SSSR count). The molecule has 0 bridgehead atoms. The van der Waals surface area contributed by atoms with E-state index in [1.807, 2.05) is 60.7 Å². The molecule has 7 nitrogen and oxygen atoms in total. The van der Waals surface area contributed by atoms with Crippen molar-refractivity contribution in [1.82, 2.24) is 5.32 Å². The van der Waals surface area contributed by atoms with Crippen LogP contribution >= 0.6 is 23.4 Å². The summed E-state index contributed by atoms with van der Waals surface area (Å²) in [6.07, 6.45) is 5.17. The van der Waals surface area contributed by atoms with E-state index in [1.165, 1.54) is 23.3 Å². The van der Waals surface area contributed by atoms with Crippen LogP contribution in [0, 0.1) is 0 Å². The van der Waals surface area contributed by atoms with Crippen molar-refractivity contribution in [3.05, 3.63) is 105 Å². The largest absolute Gasteiger partial charge is 0.481 e. The van der Waals surface area contributed by atoms with Crippen molar-refractivity contribution >= 4 is 52.5 Å². The van der Waals surface area contributed by atoms with Crippen molar-refractivity contribution in [3.8, 4) is 5.75 Å². The van der Waals surface area contributed by atoms with Gasteiger partial charge >= 0.3 is 11.9 Å². The molecule has 9 heteroatoms. The van der Waals surface area contributed by atoms with Crippen molar-refractivity contribution in [2.75, 3.05) is 0 Å². The summed E-state index contributed by atoms with van der Waals surface area (Å²) in [6.45, 7) is 0. The minimum absolute atomic E-state index is 0.259. The first-order chi connectivity index (χ1) is 18.8. The summed E-state index contributed by atoms with van der Waals surface area (Å²) in [5, 5.41) is 10.5. The second-order valence-electron chi connectivity index (χ2n) is 8.58. The first kappa shape index (κ1) is 29.7. The third-order valence-electron chi connectivity index (χ3n) is 5.52. The van der Waals surface area contributed by atoms with Crippen LogP contribution in [0.15, 0.2) is 83.8 Å². The van der Waals surface area contributed by atoms with Gasteiger partial charge in [0.25, 0.3) is 11.1 Å². The van der Waals surface area contributed by atoms with Gasteiger partial charge < -0.3 is 9.84 Å². The van der Waals surface area contributed by atoms with E-state index in [-0.39, 0.29) is 17.3 Å². The fourth-order valence-corrected chi connectivity index (χ4v) is 4.50. The number of aryl methyl sites for hydroxylation is 2. The summed E-state index contributed by atoms with van der Waals surface area (Å²) in [7, 11) is 0. The summed E-state index contributed by atoms with van der Waals surface area (Å²) in [4.78, 5) is 45.2. The van der Waals surface area contributed by atoms with Gasteiger partial charge in [0.1, 0.15) is 5.75 Å². The summed E-state index contributed by atoms with van der Waals surface area (Å²) in [5.41, 5.74) is 2.95. The SMILES string of the molecule is O=C(CCCc1ccccc1)Oc1ccc(/C=C2\SC(=O)NC2=O)c(Cl)c1.O=C(O)CCCc1ccccc1. The summed E-state index contributed by atoms with van der Waals surface area (Å²) in [5.74, 6) is -1.16. The summed E-state index contributed by atoms with van der Waals surface area (Å²) < 4.78 is 5.31. The van der Waals surface area contributed by atoms with E-state index in [0.29, 0.717) is 29.2 Å². The quantitative estimate of drug-likeness (QED) is 0.160. The van der Waals surface area contributed by atoms with E-state index in [2.05, 4.69) is 5.32 Å². The zero-order valence-corrected chi connectivity index (χ0v) is 22.7. The highest BCUT2D eigenvalue weighted by atomic mass is 35.5. The molecule has 0 radical (unpaired) electrons. The fourth-order valence-electron chi connectivity index (χ4n) is 3.60. The lowest BCUT2D eigenvalue weighted by Gasteiger charge is -2.07. The Hall–Kier alpha value is -3.88. The van der Waals surface area contributed by atoms with Crippen molar-refractivity contribution in [1.29, 1.82) is 0 Å². The third-order valence-corrected chi connectivity index (χ3v) is 6.66. The fraction of sp³-hybridized carbons (Fsp3) is 0.200. The zero-order valence-electron chi connectivity index (χ0n) is 21.1. The van der Waals surface area contributed by atoms with Gasteiger partial charge in [-0.1, -0.05) is 72.3 Å². The Balaban J connectivity index is 0.000000293. The van der Waals surface area contributed by atoms with Gasteiger partial charge in [-0.15, -0.1) is 0 Å². The number of rotatable bonds is 10. The molecule has 1 fully saturated rings. The monoisotopic (exact) mass is 565 g/mol. The molecule has 0 aliphatic carbocycles. The maximum absolute atomic E-state index is 12.0. The molecule has 0 spiro atoms. The van der Waals surface area contributed by atoms with Crippen molar-refractivity contribution in [2.45, 2.75) is 38.5 Å². The molecule has 0 aromatic heterocycles. The van der Waals surface area contributed by atoms with Gasteiger partial charge in [0, 0.05) is 18.9 Å². The number of imide groups is 1. The number of carboxylic acid groups (broad SMARTS) is 1. The molecule has 0 unspecified atom stereocenters. The number of aliphatic carboxylic acids is 1. The molecular formula is C30H28ClNO6S. The summed E-state index contributed by atoms with van der Waals surface area (Å²) in [6, 6.07) is 24.6. The number of hydrogen-bond acceptors (Lipinski definition) is 6. The number of esters is 1. The molecule has 3 aromatic rings. The number of carbonyl (C=O) groups is 4. The van der Waals surface area contributed by atoms with Crippen LogP contribution < -0.4 is 10.1 Å². The Morgan fingerprint density at radius 2 is 1.46 bits per heavy atom. The Bertz CT molecular complexity index is 1330. The van der Waals surface area contributed by atoms with Crippen LogP contribution in [0.25, 0.3) is 6.08 Å². The topological polar surface area (TPSA) is 110 Å². The van der Waals surface area contributed by atoms with E-state index in [0.717, 1.165) is 31.0 Å². The number of ether oxygens (including phenoxy) is 1. The number of amides is 2. The van der Waals surface area contributed by atoms with Crippen LogP contribution in [0.1, 0.15) is 42.4 Å². The Morgan fingerprint density at radius 1 is 0.872 bits per heavy atom. The van der Waals surface area contributed by atoms with E-state index >= 15 is 0 Å². The molecule has 1 saturated heterocycles. The van der Waals surface area contributed by atoms with Gasteiger partial charge in [-0.2, -0.15) is 0 Å². The zero-order chi connectivity index (χ0) is 28.0. The van der Waals surface area contributed by atoms with E-state index in [1.54, 1.807) is 12.1 Å². The average Bonchev–Trinajstić information content (AvgIpc) is 3.23. The van der Waals surface area contributed by atoms with Crippen molar-refractivity contribution < 1.29 is 29.0 Å². The first-order valence-electron chi connectivity index (χ1n) is 12.3. The second kappa shape index (κ2) is 15.5. The predicted octanol–water partition coefficient (Wildman–Crippen LogP) is 6.69. The number of thioether (sulfide) groups is 1. The Kier molecular flexibility index (Phi) is 11.8. The van der Waals surface area contributed by atoms with Crippen LogP contribution in [0.2, 0.25) is 5.02 Å². The van der Waals surface area contributed by atoms with Crippen LogP contribution in [-0.2, 0) is 27.2 Å². The average molecular weight is 566 g/mol. The van der Waals surface area contributed by atoms with E-state index in [4.69, 9.17) is 21.4 Å². The first-order valence-corrected chi connectivity index (χ1v) is 13.5. The molecule has 2 amide bonds. The van der Waals surface area contributed by atoms with Gasteiger partial charge in [-0.25, -0.2) is 0 Å². The molecule has 0 atom stereocenters. The Labute approximate surface area is 236 Å². The molecule has 3 aromatic carbocycles. The molecule has 1 heterocycles.